The molecule has 1 aromatic heterocycles. The lowest BCUT2D eigenvalue weighted by atomic mass is 10.2. The van der Waals surface area contributed by atoms with Crippen LogP contribution in [-0.4, -0.2) is 22.3 Å². The molecule has 3 heteroatoms. The summed E-state index contributed by atoms with van der Waals surface area (Å²) >= 11 is 0. The first-order valence-corrected chi connectivity index (χ1v) is 8.25. The lowest BCUT2D eigenvalue weighted by Gasteiger charge is -2.14. The van der Waals surface area contributed by atoms with Crippen LogP contribution < -0.4 is 5.32 Å². The summed E-state index contributed by atoms with van der Waals surface area (Å²) < 4.78 is 2.24. The molecule has 0 spiro atoms. The van der Waals surface area contributed by atoms with Crippen molar-refractivity contribution < 1.29 is 10.4 Å². The van der Waals surface area contributed by atoms with Crippen molar-refractivity contribution in [3.05, 3.63) is 71.4 Å². The number of benzene rings is 2. The first-order chi connectivity index (χ1) is 11.2. The van der Waals surface area contributed by atoms with Crippen LogP contribution in [-0.2, 0) is 13.1 Å². The van der Waals surface area contributed by atoms with E-state index in [1.807, 2.05) is 6.07 Å². The van der Waals surface area contributed by atoms with Gasteiger partial charge < -0.3 is 15.0 Å². The van der Waals surface area contributed by atoms with E-state index in [4.69, 9.17) is 0 Å². The first-order valence-electron chi connectivity index (χ1n) is 8.25. The smallest absolute Gasteiger partial charge is 0.121 e. The van der Waals surface area contributed by atoms with Crippen molar-refractivity contribution >= 4 is 10.9 Å². The molecule has 0 unspecified atom stereocenters. The minimum Gasteiger partial charge on any atom is -0.385 e. The van der Waals surface area contributed by atoms with E-state index in [-0.39, 0.29) is 6.10 Å². The Bertz CT molecular complexity index is 777. The zero-order valence-corrected chi connectivity index (χ0v) is 13.9. The molecule has 3 aromatic rings. The topological polar surface area (TPSA) is 41.8 Å². The number of hydrogen-bond acceptors (Lipinski definition) is 1. The van der Waals surface area contributed by atoms with Crippen LogP contribution in [0.3, 0.4) is 0 Å². The second-order valence-corrected chi connectivity index (χ2v) is 6.21. The number of aromatic nitrogens is 1. The van der Waals surface area contributed by atoms with Crippen LogP contribution in [0.5, 0.6) is 0 Å². The molecule has 0 aliphatic rings. The fourth-order valence-electron chi connectivity index (χ4n) is 3.18. The van der Waals surface area contributed by atoms with Gasteiger partial charge in [-0.3, -0.25) is 0 Å². The van der Waals surface area contributed by atoms with E-state index in [1.165, 1.54) is 27.7 Å². The molecule has 3 N–H and O–H groups in total. The van der Waals surface area contributed by atoms with Gasteiger partial charge in [0.2, 0.25) is 0 Å². The fraction of sp³-hybridized carbons (Fsp3) is 0.300. The number of aliphatic hydroxyl groups excluding tert-OH is 1. The number of para-hydroxylation sites is 1. The third kappa shape index (κ3) is 3.46. The number of nitrogens with zero attached hydrogens (tertiary/aromatic N) is 1. The predicted octanol–water partition coefficient (Wildman–Crippen LogP) is 2.38. The van der Waals surface area contributed by atoms with Gasteiger partial charge in [0, 0.05) is 22.2 Å². The lowest BCUT2D eigenvalue weighted by Crippen LogP contribution is -2.85. The van der Waals surface area contributed by atoms with Gasteiger partial charge in [0.25, 0.3) is 0 Å². The monoisotopic (exact) mass is 309 g/mol. The Morgan fingerprint density at radius 2 is 1.70 bits per heavy atom. The highest BCUT2D eigenvalue weighted by Gasteiger charge is 2.14. The highest BCUT2D eigenvalue weighted by Crippen LogP contribution is 2.24. The second kappa shape index (κ2) is 6.99. The van der Waals surface area contributed by atoms with Crippen LogP contribution in [0.25, 0.3) is 10.9 Å². The summed E-state index contributed by atoms with van der Waals surface area (Å²) in [6.07, 6.45) is -0.354. The Morgan fingerprint density at radius 1 is 1.00 bits per heavy atom. The van der Waals surface area contributed by atoms with Crippen molar-refractivity contribution in [3.63, 3.8) is 0 Å². The van der Waals surface area contributed by atoms with Gasteiger partial charge in [-0.15, -0.1) is 0 Å². The molecule has 0 aliphatic carbocycles. The number of rotatable bonds is 6. The highest BCUT2D eigenvalue weighted by atomic mass is 16.3. The molecule has 0 saturated heterocycles. The average molecular weight is 309 g/mol. The number of aliphatic hydroxyl groups is 1. The van der Waals surface area contributed by atoms with Crippen molar-refractivity contribution in [3.8, 4) is 0 Å². The zero-order valence-electron chi connectivity index (χ0n) is 13.9. The van der Waals surface area contributed by atoms with Crippen LogP contribution in [0.2, 0.25) is 0 Å². The molecule has 1 heterocycles. The third-order valence-electron chi connectivity index (χ3n) is 4.60. The predicted molar refractivity (Wildman–Crippen MR) is 94.4 cm³/mol. The van der Waals surface area contributed by atoms with Crippen LogP contribution in [0.15, 0.2) is 54.6 Å². The summed E-state index contributed by atoms with van der Waals surface area (Å²) in [6.45, 7) is 6.55. The van der Waals surface area contributed by atoms with Gasteiger partial charge in [0.1, 0.15) is 19.2 Å². The summed E-state index contributed by atoms with van der Waals surface area (Å²) in [5, 5.41) is 13.9. The van der Waals surface area contributed by atoms with E-state index in [9.17, 15) is 5.11 Å². The van der Waals surface area contributed by atoms with E-state index in [2.05, 4.69) is 72.3 Å². The van der Waals surface area contributed by atoms with Crippen LogP contribution >= 0.6 is 0 Å². The first kappa shape index (κ1) is 15.8. The van der Waals surface area contributed by atoms with Crippen LogP contribution in [0.1, 0.15) is 16.8 Å². The van der Waals surface area contributed by atoms with Crippen molar-refractivity contribution in [1.82, 2.24) is 4.57 Å². The second-order valence-electron chi connectivity index (χ2n) is 6.21. The molecular weight excluding hydrogens is 284 g/mol. The molecular formula is C20H25N2O+. The Labute approximate surface area is 137 Å². The molecule has 0 bridgehead atoms. The fourth-order valence-corrected chi connectivity index (χ4v) is 3.18. The molecule has 2 aromatic carbocycles. The normalized spacial score (nSPS) is 12.7. The van der Waals surface area contributed by atoms with Crippen molar-refractivity contribution in [2.24, 2.45) is 0 Å². The van der Waals surface area contributed by atoms with Gasteiger partial charge in [-0.05, 0) is 25.5 Å². The molecule has 0 fully saturated rings. The number of nitrogens with two attached hydrogens (primary N) is 1. The van der Waals surface area contributed by atoms with Gasteiger partial charge in [-0.25, -0.2) is 0 Å². The quantitative estimate of drug-likeness (QED) is 0.721. The largest absolute Gasteiger partial charge is 0.385 e. The Hall–Kier alpha value is -2.10. The summed E-state index contributed by atoms with van der Waals surface area (Å²) in [4.78, 5) is 0. The standard InChI is InChI=1S/C20H24N2O/c1-15-16(2)22(20-11-7-6-10-19(15)20)14-18(23)13-21-12-17-8-4-3-5-9-17/h3-11,18,21,23H,12-14H2,1-2H3/p+1/t18-/m0/s1. The molecule has 120 valence electrons. The van der Waals surface area contributed by atoms with E-state index in [0.29, 0.717) is 13.1 Å². The van der Waals surface area contributed by atoms with E-state index < -0.39 is 0 Å². The zero-order chi connectivity index (χ0) is 16.2. The Kier molecular flexibility index (Phi) is 4.79. The van der Waals surface area contributed by atoms with E-state index >= 15 is 0 Å². The minimum atomic E-state index is -0.354. The Morgan fingerprint density at radius 3 is 2.48 bits per heavy atom. The maximum Gasteiger partial charge on any atom is 0.121 e. The van der Waals surface area contributed by atoms with Crippen LogP contribution in [0.4, 0.5) is 0 Å². The molecule has 3 rings (SSSR count). The number of quaternary nitrogens is 1. The summed E-state index contributed by atoms with van der Waals surface area (Å²) in [5.41, 5.74) is 5.05. The van der Waals surface area contributed by atoms with Gasteiger partial charge in [0.05, 0.1) is 6.54 Å². The van der Waals surface area contributed by atoms with Crippen molar-refractivity contribution in [1.29, 1.82) is 0 Å². The molecule has 1 atom stereocenters. The SMILES string of the molecule is Cc1c(C)n(C[C@@H](O)C[NH2+]Cc2ccccc2)c2ccccc12. The minimum absolute atomic E-state index is 0.354. The van der Waals surface area contributed by atoms with Crippen molar-refractivity contribution in [2.75, 3.05) is 6.54 Å². The van der Waals surface area contributed by atoms with Crippen molar-refractivity contribution in [2.45, 2.75) is 33.0 Å². The number of hydrogen-bond donors (Lipinski definition) is 2. The van der Waals surface area contributed by atoms with Gasteiger partial charge >= 0.3 is 0 Å². The molecule has 0 amide bonds. The summed E-state index contributed by atoms with van der Waals surface area (Å²) in [7, 11) is 0. The molecule has 23 heavy (non-hydrogen) atoms. The van der Waals surface area contributed by atoms with Gasteiger partial charge in [0.15, 0.2) is 0 Å². The molecule has 3 nitrogen and oxygen atoms in total. The van der Waals surface area contributed by atoms with Gasteiger partial charge in [-0.2, -0.15) is 0 Å². The van der Waals surface area contributed by atoms with Gasteiger partial charge in [-0.1, -0.05) is 48.5 Å². The maximum atomic E-state index is 10.4. The lowest BCUT2D eigenvalue weighted by molar-refractivity contribution is -0.676. The summed E-state index contributed by atoms with van der Waals surface area (Å²) in [5.74, 6) is 0. The Balaban J connectivity index is 1.64. The molecule has 0 saturated carbocycles. The van der Waals surface area contributed by atoms with E-state index in [1.54, 1.807) is 0 Å². The number of aryl methyl sites for hydroxylation is 1. The van der Waals surface area contributed by atoms with E-state index in [0.717, 1.165) is 6.54 Å². The molecule has 0 aliphatic heterocycles. The maximum absolute atomic E-state index is 10.4. The summed E-state index contributed by atoms with van der Waals surface area (Å²) in [6, 6.07) is 18.8. The number of fused-ring (bicyclic) bond motifs is 1. The molecule has 0 radical (unpaired) electrons. The highest BCUT2D eigenvalue weighted by molar-refractivity contribution is 5.85. The average Bonchev–Trinajstić information content (AvgIpc) is 2.81. The third-order valence-corrected chi connectivity index (χ3v) is 4.60. The van der Waals surface area contributed by atoms with Crippen LogP contribution in [0, 0.1) is 13.8 Å².